The molecular weight excluding hydrogens is 344 g/mol. The standard InChI is InChI=1S/C19H18N6O2/c1-3-11-4-6-14-13(8-11)17-18(21-14)22-19(25-23-17)24-20-10-12-5-7-15(26)16(9-12)27-2/h4-10,26H,3H2,1-2H3,(H2,21,22,24,25)/b20-10+. The van der Waals surface area contributed by atoms with E-state index in [1.807, 2.05) is 6.07 Å². The van der Waals surface area contributed by atoms with Crippen LogP contribution in [0.1, 0.15) is 18.1 Å². The van der Waals surface area contributed by atoms with Gasteiger partial charge in [-0.15, -0.1) is 10.2 Å². The molecule has 8 nitrogen and oxygen atoms in total. The van der Waals surface area contributed by atoms with Crippen LogP contribution >= 0.6 is 0 Å². The number of aromatic amines is 1. The highest BCUT2D eigenvalue weighted by Gasteiger charge is 2.09. The van der Waals surface area contributed by atoms with Crippen LogP contribution in [0.4, 0.5) is 5.95 Å². The summed E-state index contributed by atoms with van der Waals surface area (Å²) in [7, 11) is 1.49. The third kappa shape index (κ3) is 3.24. The van der Waals surface area contributed by atoms with E-state index in [1.165, 1.54) is 12.7 Å². The number of phenols is 1. The minimum atomic E-state index is 0.0747. The first-order valence-electron chi connectivity index (χ1n) is 8.49. The van der Waals surface area contributed by atoms with Gasteiger partial charge in [0.25, 0.3) is 5.95 Å². The van der Waals surface area contributed by atoms with Gasteiger partial charge in [0.15, 0.2) is 17.1 Å². The van der Waals surface area contributed by atoms with E-state index in [0.717, 1.165) is 28.4 Å². The van der Waals surface area contributed by atoms with E-state index in [0.29, 0.717) is 11.4 Å². The molecule has 8 heteroatoms. The van der Waals surface area contributed by atoms with Crippen molar-refractivity contribution < 1.29 is 9.84 Å². The molecule has 0 saturated heterocycles. The second-order valence-corrected chi connectivity index (χ2v) is 5.99. The molecule has 0 radical (unpaired) electrons. The predicted molar refractivity (Wildman–Crippen MR) is 104 cm³/mol. The highest BCUT2D eigenvalue weighted by atomic mass is 16.5. The number of nitrogens with one attached hydrogen (secondary N) is 2. The fraction of sp³-hybridized carbons (Fsp3) is 0.158. The van der Waals surface area contributed by atoms with Crippen molar-refractivity contribution in [1.29, 1.82) is 0 Å². The van der Waals surface area contributed by atoms with Crippen molar-refractivity contribution in [2.75, 3.05) is 12.5 Å². The van der Waals surface area contributed by atoms with E-state index in [2.05, 4.69) is 49.7 Å². The van der Waals surface area contributed by atoms with Gasteiger partial charge < -0.3 is 14.8 Å². The third-order valence-corrected chi connectivity index (χ3v) is 4.27. The Morgan fingerprint density at radius 3 is 2.93 bits per heavy atom. The number of aromatic nitrogens is 4. The molecule has 3 N–H and O–H groups in total. The zero-order chi connectivity index (χ0) is 18.8. The molecule has 0 fully saturated rings. The number of hydrogen-bond acceptors (Lipinski definition) is 7. The summed E-state index contributed by atoms with van der Waals surface area (Å²) in [5.41, 5.74) is 7.11. The van der Waals surface area contributed by atoms with E-state index in [4.69, 9.17) is 4.74 Å². The number of fused-ring (bicyclic) bond motifs is 3. The Labute approximate surface area is 154 Å². The number of nitrogens with zero attached hydrogens (tertiary/aromatic N) is 4. The van der Waals surface area contributed by atoms with Crippen LogP contribution in [0, 0.1) is 0 Å². The molecule has 0 atom stereocenters. The number of methoxy groups -OCH3 is 1. The van der Waals surface area contributed by atoms with Gasteiger partial charge in [0.2, 0.25) is 0 Å². The second kappa shape index (κ2) is 6.91. The van der Waals surface area contributed by atoms with Gasteiger partial charge >= 0.3 is 0 Å². The van der Waals surface area contributed by atoms with Gasteiger partial charge in [0.1, 0.15) is 5.52 Å². The lowest BCUT2D eigenvalue weighted by molar-refractivity contribution is 0.373. The Bertz CT molecular complexity index is 1150. The largest absolute Gasteiger partial charge is 0.504 e. The number of hydrazone groups is 1. The summed E-state index contributed by atoms with van der Waals surface area (Å²) in [4.78, 5) is 7.68. The van der Waals surface area contributed by atoms with Gasteiger partial charge in [-0.25, -0.2) is 5.43 Å². The number of aromatic hydroxyl groups is 1. The van der Waals surface area contributed by atoms with Gasteiger partial charge in [-0.2, -0.15) is 10.1 Å². The van der Waals surface area contributed by atoms with Crippen molar-refractivity contribution in [1.82, 2.24) is 20.2 Å². The fourth-order valence-corrected chi connectivity index (χ4v) is 2.82. The van der Waals surface area contributed by atoms with Crippen molar-refractivity contribution in [2.24, 2.45) is 5.10 Å². The van der Waals surface area contributed by atoms with Crippen LogP contribution in [0.25, 0.3) is 22.1 Å². The van der Waals surface area contributed by atoms with Crippen LogP contribution in [0.5, 0.6) is 11.5 Å². The normalized spacial score (nSPS) is 11.5. The molecule has 4 aromatic rings. The lowest BCUT2D eigenvalue weighted by Crippen LogP contribution is -1.99. The molecule has 0 spiro atoms. The van der Waals surface area contributed by atoms with Crippen molar-refractivity contribution in [3.63, 3.8) is 0 Å². The van der Waals surface area contributed by atoms with E-state index in [1.54, 1.807) is 24.4 Å². The van der Waals surface area contributed by atoms with Crippen molar-refractivity contribution in [2.45, 2.75) is 13.3 Å². The molecular formula is C19H18N6O2. The minimum Gasteiger partial charge on any atom is -0.504 e. The molecule has 0 saturated carbocycles. The Morgan fingerprint density at radius 1 is 1.22 bits per heavy atom. The number of H-pyrrole nitrogens is 1. The summed E-state index contributed by atoms with van der Waals surface area (Å²) >= 11 is 0. The van der Waals surface area contributed by atoms with E-state index in [9.17, 15) is 5.11 Å². The number of aryl methyl sites for hydroxylation is 1. The van der Waals surface area contributed by atoms with Crippen LogP contribution in [-0.4, -0.2) is 38.6 Å². The topological polar surface area (TPSA) is 108 Å². The molecule has 0 amide bonds. The average molecular weight is 362 g/mol. The van der Waals surface area contributed by atoms with Crippen molar-refractivity contribution in [3.8, 4) is 11.5 Å². The van der Waals surface area contributed by atoms with E-state index in [-0.39, 0.29) is 11.7 Å². The lowest BCUT2D eigenvalue weighted by Gasteiger charge is -2.03. The van der Waals surface area contributed by atoms with E-state index < -0.39 is 0 Å². The number of ether oxygens (including phenoxy) is 1. The van der Waals surface area contributed by atoms with E-state index >= 15 is 0 Å². The van der Waals surface area contributed by atoms with Crippen LogP contribution in [0.3, 0.4) is 0 Å². The van der Waals surface area contributed by atoms with Crippen molar-refractivity contribution >= 4 is 34.2 Å². The summed E-state index contributed by atoms with van der Waals surface area (Å²) < 4.78 is 5.07. The number of anilines is 1. The van der Waals surface area contributed by atoms with Crippen LogP contribution < -0.4 is 10.2 Å². The maximum atomic E-state index is 9.61. The SMILES string of the molecule is CCc1ccc2[nH]c3nc(N/N=C/c4ccc(O)c(OC)c4)nnc3c2c1. The molecule has 2 heterocycles. The number of rotatable bonds is 5. The molecule has 2 aromatic heterocycles. The summed E-state index contributed by atoms with van der Waals surface area (Å²) in [5.74, 6) is 0.736. The molecule has 27 heavy (non-hydrogen) atoms. The van der Waals surface area contributed by atoms with Gasteiger partial charge in [-0.1, -0.05) is 13.0 Å². The first-order chi connectivity index (χ1) is 13.2. The molecule has 0 bridgehead atoms. The number of benzene rings is 2. The Morgan fingerprint density at radius 2 is 2.11 bits per heavy atom. The minimum absolute atomic E-state index is 0.0747. The maximum absolute atomic E-state index is 9.61. The molecule has 0 aliphatic rings. The highest BCUT2D eigenvalue weighted by Crippen LogP contribution is 2.26. The van der Waals surface area contributed by atoms with Gasteiger partial charge in [-0.3, -0.25) is 0 Å². The lowest BCUT2D eigenvalue weighted by atomic mass is 10.1. The summed E-state index contributed by atoms with van der Waals surface area (Å²) in [5, 5.41) is 23.1. The van der Waals surface area contributed by atoms with Crippen LogP contribution in [-0.2, 0) is 6.42 Å². The quantitative estimate of drug-likeness (QED) is 0.371. The first kappa shape index (κ1) is 16.8. The molecule has 0 aliphatic heterocycles. The summed E-state index contributed by atoms with van der Waals surface area (Å²) in [6.45, 7) is 2.11. The molecule has 4 rings (SSSR count). The summed E-state index contributed by atoms with van der Waals surface area (Å²) in [6.07, 6.45) is 2.54. The second-order valence-electron chi connectivity index (χ2n) is 5.99. The summed E-state index contributed by atoms with van der Waals surface area (Å²) in [6, 6.07) is 11.1. The number of phenolic OH excluding ortho intramolecular Hbond substituents is 1. The van der Waals surface area contributed by atoms with Crippen LogP contribution in [0.2, 0.25) is 0 Å². The maximum Gasteiger partial charge on any atom is 0.265 e. The van der Waals surface area contributed by atoms with Crippen LogP contribution in [0.15, 0.2) is 41.5 Å². The average Bonchev–Trinajstić information content (AvgIpc) is 3.06. The Kier molecular flexibility index (Phi) is 4.29. The smallest absolute Gasteiger partial charge is 0.265 e. The molecule has 136 valence electrons. The molecule has 2 aromatic carbocycles. The van der Waals surface area contributed by atoms with Gasteiger partial charge in [-0.05, 0) is 47.9 Å². The zero-order valence-electron chi connectivity index (χ0n) is 14.9. The Hall–Kier alpha value is -3.68. The fourth-order valence-electron chi connectivity index (χ4n) is 2.82. The highest BCUT2D eigenvalue weighted by molar-refractivity contribution is 6.03. The monoisotopic (exact) mass is 362 g/mol. The van der Waals surface area contributed by atoms with Gasteiger partial charge in [0, 0.05) is 10.9 Å². The van der Waals surface area contributed by atoms with Gasteiger partial charge in [0.05, 0.1) is 13.3 Å². The molecule has 0 unspecified atom stereocenters. The number of hydrogen-bond donors (Lipinski definition) is 3. The molecule has 0 aliphatic carbocycles. The third-order valence-electron chi connectivity index (χ3n) is 4.27. The zero-order valence-corrected chi connectivity index (χ0v) is 14.9. The predicted octanol–water partition coefficient (Wildman–Crippen LogP) is 3.23. The van der Waals surface area contributed by atoms with Crippen molar-refractivity contribution in [3.05, 3.63) is 47.5 Å². The first-order valence-corrected chi connectivity index (χ1v) is 8.49. The Balaban J connectivity index is 1.58.